The van der Waals surface area contributed by atoms with E-state index in [-0.39, 0.29) is 6.03 Å². The summed E-state index contributed by atoms with van der Waals surface area (Å²) < 4.78 is 0. The fourth-order valence-electron chi connectivity index (χ4n) is 2.88. The third-order valence-corrected chi connectivity index (χ3v) is 4.97. The largest absolute Gasteiger partial charge is 0.369 e. The molecule has 0 radical (unpaired) electrons. The van der Waals surface area contributed by atoms with E-state index >= 15 is 0 Å². The SMILES string of the molecule is O=C(NCCCN1CCN(c2ccccc2)CC1)Nc1cccs1. The summed E-state index contributed by atoms with van der Waals surface area (Å²) in [6, 6.07) is 14.3. The molecule has 1 aromatic heterocycles. The Labute approximate surface area is 147 Å². The molecule has 3 rings (SSSR count). The number of para-hydroxylation sites is 1. The second-order valence-corrected chi connectivity index (χ2v) is 6.82. The molecule has 2 aromatic rings. The number of hydrogen-bond donors (Lipinski definition) is 2. The molecule has 1 saturated heterocycles. The van der Waals surface area contributed by atoms with Crippen LogP contribution in [0.1, 0.15) is 6.42 Å². The van der Waals surface area contributed by atoms with Crippen molar-refractivity contribution in [3.8, 4) is 0 Å². The normalized spacial score (nSPS) is 15.2. The van der Waals surface area contributed by atoms with E-state index in [0.717, 1.165) is 44.1 Å². The lowest BCUT2D eigenvalue weighted by atomic mass is 10.2. The first-order chi connectivity index (χ1) is 11.8. The molecule has 2 amide bonds. The van der Waals surface area contributed by atoms with Crippen molar-refractivity contribution in [2.24, 2.45) is 0 Å². The van der Waals surface area contributed by atoms with E-state index in [0.29, 0.717) is 6.54 Å². The van der Waals surface area contributed by atoms with Crippen molar-refractivity contribution in [2.45, 2.75) is 6.42 Å². The first-order valence-electron chi connectivity index (χ1n) is 8.42. The van der Waals surface area contributed by atoms with Gasteiger partial charge in [0.15, 0.2) is 0 Å². The van der Waals surface area contributed by atoms with Gasteiger partial charge >= 0.3 is 6.03 Å². The topological polar surface area (TPSA) is 47.6 Å². The molecule has 24 heavy (non-hydrogen) atoms. The van der Waals surface area contributed by atoms with Crippen LogP contribution >= 0.6 is 11.3 Å². The Balaban J connectivity index is 1.29. The van der Waals surface area contributed by atoms with Crippen molar-refractivity contribution in [3.05, 3.63) is 47.8 Å². The number of urea groups is 1. The highest BCUT2D eigenvalue weighted by Gasteiger charge is 2.16. The minimum absolute atomic E-state index is 0.119. The predicted octanol–water partition coefficient (Wildman–Crippen LogP) is 3.08. The first kappa shape index (κ1) is 16.8. The fraction of sp³-hybridized carbons (Fsp3) is 0.389. The molecule has 1 aromatic carbocycles. The van der Waals surface area contributed by atoms with Crippen molar-refractivity contribution in [3.63, 3.8) is 0 Å². The van der Waals surface area contributed by atoms with E-state index in [1.165, 1.54) is 17.0 Å². The highest BCUT2D eigenvalue weighted by Crippen LogP contribution is 2.16. The number of thiophene rings is 1. The summed E-state index contributed by atoms with van der Waals surface area (Å²) in [7, 11) is 0. The van der Waals surface area contributed by atoms with Crippen LogP contribution in [0.5, 0.6) is 0 Å². The molecule has 5 nitrogen and oxygen atoms in total. The molecule has 0 atom stereocenters. The Morgan fingerprint density at radius 3 is 2.54 bits per heavy atom. The number of carbonyl (C=O) groups excluding carboxylic acids is 1. The van der Waals surface area contributed by atoms with Crippen molar-refractivity contribution < 1.29 is 4.79 Å². The molecule has 1 aliphatic rings. The molecule has 128 valence electrons. The van der Waals surface area contributed by atoms with Gasteiger partial charge in [-0.25, -0.2) is 4.79 Å². The highest BCUT2D eigenvalue weighted by atomic mass is 32.1. The summed E-state index contributed by atoms with van der Waals surface area (Å²) in [5, 5.41) is 8.58. The summed E-state index contributed by atoms with van der Waals surface area (Å²) in [6.07, 6.45) is 0.975. The smallest absolute Gasteiger partial charge is 0.319 e. The fourth-order valence-corrected chi connectivity index (χ4v) is 3.49. The molecule has 2 heterocycles. The number of benzene rings is 1. The molecule has 0 spiro atoms. The zero-order valence-electron chi connectivity index (χ0n) is 13.8. The number of anilines is 2. The van der Waals surface area contributed by atoms with Gasteiger partial charge in [0.25, 0.3) is 0 Å². The summed E-state index contributed by atoms with van der Waals surface area (Å²) >= 11 is 1.53. The zero-order valence-corrected chi connectivity index (χ0v) is 14.6. The van der Waals surface area contributed by atoms with Gasteiger partial charge < -0.3 is 10.2 Å². The standard InChI is InChI=1S/C18H24N4OS/c23-18(20-17-8-4-15-24-17)19-9-5-10-21-11-13-22(14-12-21)16-6-2-1-3-7-16/h1-4,6-8,15H,5,9-14H2,(H2,19,20,23). The van der Waals surface area contributed by atoms with Gasteiger partial charge in [0.05, 0.1) is 5.00 Å². The number of nitrogens with one attached hydrogen (secondary N) is 2. The molecule has 0 unspecified atom stereocenters. The van der Waals surface area contributed by atoms with Crippen LogP contribution in [0.4, 0.5) is 15.5 Å². The van der Waals surface area contributed by atoms with Crippen LogP contribution in [0.3, 0.4) is 0 Å². The van der Waals surface area contributed by atoms with Gasteiger partial charge in [-0.3, -0.25) is 10.2 Å². The average Bonchev–Trinajstić information content (AvgIpc) is 3.13. The van der Waals surface area contributed by atoms with Crippen LogP contribution in [0, 0.1) is 0 Å². The molecule has 1 fully saturated rings. The van der Waals surface area contributed by atoms with Crippen LogP contribution in [-0.2, 0) is 0 Å². The Hall–Kier alpha value is -2.05. The number of nitrogens with zero attached hydrogens (tertiary/aromatic N) is 2. The van der Waals surface area contributed by atoms with Crippen molar-refractivity contribution in [1.29, 1.82) is 0 Å². The van der Waals surface area contributed by atoms with E-state index in [1.54, 1.807) is 0 Å². The Kier molecular flexibility index (Phi) is 6.09. The van der Waals surface area contributed by atoms with Crippen molar-refractivity contribution >= 4 is 28.1 Å². The third kappa shape index (κ3) is 4.97. The predicted molar refractivity (Wildman–Crippen MR) is 101 cm³/mol. The summed E-state index contributed by atoms with van der Waals surface area (Å²) in [5.41, 5.74) is 1.31. The molecule has 1 aliphatic heterocycles. The molecule has 0 bridgehead atoms. The van der Waals surface area contributed by atoms with E-state index in [9.17, 15) is 4.79 Å². The van der Waals surface area contributed by atoms with Crippen LogP contribution in [0.2, 0.25) is 0 Å². The van der Waals surface area contributed by atoms with Crippen molar-refractivity contribution in [1.82, 2.24) is 10.2 Å². The van der Waals surface area contributed by atoms with Crippen LogP contribution < -0.4 is 15.5 Å². The van der Waals surface area contributed by atoms with Gasteiger partial charge in [0, 0.05) is 38.4 Å². The molecular formula is C18H24N4OS. The van der Waals surface area contributed by atoms with E-state index in [1.807, 2.05) is 17.5 Å². The lowest BCUT2D eigenvalue weighted by molar-refractivity contribution is 0.244. The molecule has 6 heteroatoms. The number of amides is 2. The summed E-state index contributed by atoms with van der Waals surface area (Å²) in [6.45, 7) is 6.03. The van der Waals surface area contributed by atoms with Crippen LogP contribution in [-0.4, -0.2) is 50.2 Å². The lowest BCUT2D eigenvalue weighted by Crippen LogP contribution is -2.47. The molecule has 0 saturated carbocycles. The van der Waals surface area contributed by atoms with E-state index < -0.39 is 0 Å². The number of carbonyl (C=O) groups is 1. The Morgan fingerprint density at radius 1 is 1.04 bits per heavy atom. The maximum atomic E-state index is 11.7. The summed E-state index contributed by atoms with van der Waals surface area (Å²) in [4.78, 5) is 16.6. The van der Waals surface area contributed by atoms with Gasteiger partial charge in [-0.2, -0.15) is 0 Å². The number of hydrogen-bond acceptors (Lipinski definition) is 4. The molecule has 2 N–H and O–H groups in total. The quantitative estimate of drug-likeness (QED) is 0.792. The van der Waals surface area contributed by atoms with Gasteiger partial charge in [-0.05, 0) is 42.6 Å². The van der Waals surface area contributed by atoms with Gasteiger partial charge in [-0.1, -0.05) is 18.2 Å². The molecule has 0 aliphatic carbocycles. The number of rotatable bonds is 6. The maximum Gasteiger partial charge on any atom is 0.319 e. The third-order valence-electron chi connectivity index (χ3n) is 4.19. The summed E-state index contributed by atoms with van der Waals surface area (Å²) in [5.74, 6) is 0. The van der Waals surface area contributed by atoms with Gasteiger partial charge in [0.1, 0.15) is 0 Å². The van der Waals surface area contributed by atoms with Crippen LogP contribution in [0.25, 0.3) is 0 Å². The second-order valence-electron chi connectivity index (χ2n) is 5.88. The van der Waals surface area contributed by atoms with Gasteiger partial charge in [0.2, 0.25) is 0 Å². The first-order valence-corrected chi connectivity index (χ1v) is 9.30. The number of piperazine rings is 1. The zero-order chi connectivity index (χ0) is 16.6. The lowest BCUT2D eigenvalue weighted by Gasteiger charge is -2.36. The monoisotopic (exact) mass is 344 g/mol. The maximum absolute atomic E-state index is 11.7. The highest BCUT2D eigenvalue weighted by molar-refractivity contribution is 7.14. The Morgan fingerprint density at radius 2 is 1.83 bits per heavy atom. The van der Waals surface area contributed by atoms with E-state index in [2.05, 4.69) is 50.8 Å². The van der Waals surface area contributed by atoms with Crippen LogP contribution in [0.15, 0.2) is 47.8 Å². The van der Waals surface area contributed by atoms with Crippen molar-refractivity contribution in [2.75, 3.05) is 49.5 Å². The second kappa shape index (κ2) is 8.70. The minimum Gasteiger partial charge on any atom is -0.369 e. The Bertz CT molecular complexity index is 609. The van der Waals surface area contributed by atoms with E-state index in [4.69, 9.17) is 0 Å². The average molecular weight is 344 g/mol. The molecular weight excluding hydrogens is 320 g/mol. The van der Waals surface area contributed by atoms with Gasteiger partial charge in [-0.15, -0.1) is 11.3 Å². The minimum atomic E-state index is -0.119.